The first kappa shape index (κ1) is 15.5. The van der Waals surface area contributed by atoms with Crippen molar-refractivity contribution >= 4 is 11.8 Å². The Kier molecular flexibility index (Phi) is 4.93. The monoisotopic (exact) mass is 291 g/mol. The van der Waals surface area contributed by atoms with Gasteiger partial charge in [-0.2, -0.15) is 0 Å². The van der Waals surface area contributed by atoms with Crippen molar-refractivity contribution in [2.75, 3.05) is 13.6 Å². The standard InChI is InChI=1S/C15H21N3O3/c1-18(15(20)13-7-6-12(8-16)21-13)9-10-2-4-11(5-3-10)14(17)19/h2-5,12-13H,6-9,16H2,1H3,(H2,17,19). The number of hydrogen-bond acceptors (Lipinski definition) is 4. The minimum absolute atomic E-state index is 0.0119. The zero-order chi connectivity index (χ0) is 15.4. The van der Waals surface area contributed by atoms with E-state index in [0.717, 1.165) is 12.0 Å². The van der Waals surface area contributed by atoms with E-state index in [4.69, 9.17) is 16.2 Å². The molecule has 2 amide bonds. The van der Waals surface area contributed by atoms with Crippen LogP contribution < -0.4 is 11.5 Å². The normalized spacial score (nSPS) is 21.2. The summed E-state index contributed by atoms with van der Waals surface area (Å²) < 4.78 is 5.60. The Morgan fingerprint density at radius 1 is 1.29 bits per heavy atom. The van der Waals surface area contributed by atoms with E-state index >= 15 is 0 Å². The lowest BCUT2D eigenvalue weighted by Gasteiger charge is -2.21. The van der Waals surface area contributed by atoms with Gasteiger partial charge >= 0.3 is 0 Å². The highest BCUT2D eigenvalue weighted by atomic mass is 16.5. The largest absolute Gasteiger partial charge is 0.366 e. The van der Waals surface area contributed by atoms with Crippen molar-refractivity contribution in [3.8, 4) is 0 Å². The molecule has 1 aliphatic heterocycles. The van der Waals surface area contributed by atoms with Gasteiger partial charge in [-0.3, -0.25) is 9.59 Å². The third kappa shape index (κ3) is 3.80. The van der Waals surface area contributed by atoms with E-state index in [1.165, 1.54) is 0 Å². The number of nitrogens with two attached hydrogens (primary N) is 2. The Morgan fingerprint density at radius 3 is 2.48 bits per heavy atom. The van der Waals surface area contributed by atoms with Crippen molar-refractivity contribution in [2.24, 2.45) is 11.5 Å². The highest BCUT2D eigenvalue weighted by molar-refractivity contribution is 5.92. The zero-order valence-electron chi connectivity index (χ0n) is 12.1. The zero-order valence-corrected chi connectivity index (χ0v) is 12.1. The van der Waals surface area contributed by atoms with Gasteiger partial charge in [0.25, 0.3) is 5.91 Å². The van der Waals surface area contributed by atoms with Crippen molar-refractivity contribution < 1.29 is 14.3 Å². The maximum Gasteiger partial charge on any atom is 0.251 e. The molecule has 0 aromatic heterocycles. The summed E-state index contributed by atoms with van der Waals surface area (Å²) in [5.41, 5.74) is 12.1. The number of ether oxygens (including phenoxy) is 1. The Balaban J connectivity index is 1.93. The molecular weight excluding hydrogens is 270 g/mol. The summed E-state index contributed by atoms with van der Waals surface area (Å²) >= 11 is 0. The van der Waals surface area contributed by atoms with Gasteiger partial charge in [-0.15, -0.1) is 0 Å². The second kappa shape index (κ2) is 6.69. The van der Waals surface area contributed by atoms with E-state index in [-0.39, 0.29) is 12.0 Å². The van der Waals surface area contributed by atoms with E-state index in [1.807, 2.05) is 0 Å². The van der Waals surface area contributed by atoms with Crippen LogP contribution in [0.3, 0.4) is 0 Å². The van der Waals surface area contributed by atoms with Crippen LogP contribution in [0.15, 0.2) is 24.3 Å². The number of primary amides is 1. The fraction of sp³-hybridized carbons (Fsp3) is 0.467. The molecule has 2 unspecified atom stereocenters. The SMILES string of the molecule is CN(Cc1ccc(C(N)=O)cc1)C(=O)C1CCC(CN)O1. The molecule has 114 valence electrons. The lowest BCUT2D eigenvalue weighted by atomic mass is 10.1. The molecule has 21 heavy (non-hydrogen) atoms. The third-order valence-corrected chi connectivity index (χ3v) is 3.68. The number of likely N-dealkylation sites (N-methyl/N-ethyl adjacent to an activating group) is 1. The molecule has 4 N–H and O–H groups in total. The van der Waals surface area contributed by atoms with Crippen LogP contribution in [0.25, 0.3) is 0 Å². The molecule has 2 atom stereocenters. The molecule has 0 saturated carbocycles. The lowest BCUT2D eigenvalue weighted by molar-refractivity contribution is -0.141. The van der Waals surface area contributed by atoms with Crippen molar-refractivity contribution in [3.05, 3.63) is 35.4 Å². The maximum absolute atomic E-state index is 12.3. The number of carbonyl (C=O) groups is 2. The first-order valence-electron chi connectivity index (χ1n) is 7.00. The lowest BCUT2D eigenvalue weighted by Crippen LogP contribution is -2.36. The van der Waals surface area contributed by atoms with Crippen LogP contribution in [0.4, 0.5) is 0 Å². The molecule has 1 heterocycles. The molecular formula is C15H21N3O3. The second-order valence-corrected chi connectivity index (χ2v) is 5.32. The van der Waals surface area contributed by atoms with Crippen LogP contribution in [-0.4, -0.2) is 42.5 Å². The van der Waals surface area contributed by atoms with Crippen LogP contribution in [0, 0.1) is 0 Å². The van der Waals surface area contributed by atoms with Crippen LogP contribution in [0.5, 0.6) is 0 Å². The van der Waals surface area contributed by atoms with Gasteiger partial charge in [-0.05, 0) is 30.5 Å². The number of nitrogens with zero attached hydrogens (tertiary/aromatic N) is 1. The molecule has 1 saturated heterocycles. The average molecular weight is 291 g/mol. The van der Waals surface area contributed by atoms with Gasteiger partial charge in [0.2, 0.25) is 5.91 Å². The predicted molar refractivity (Wildman–Crippen MR) is 78.4 cm³/mol. The fourth-order valence-corrected chi connectivity index (χ4v) is 2.43. The smallest absolute Gasteiger partial charge is 0.251 e. The van der Waals surface area contributed by atoms with Gasteiger partial charge < -0.3 is 21.1 Å². The molecule has 6 heteroatoms. The highest BCUT2D eigenvalue weighted by Gasteiger charge is 2.31. The molecule has 1 aliphatic rings. The first-order chi connectivity index (χ1) is 10.0. The van der Waals surface area contributed by atoms with Crippen molar-refractivity contribution in [2.45, 2.75) is 31.6 Å². The molecule has 0 aliphatic carbocycles. The minimum atomic E-state index is -0.460. The minimum Gasteiger partial charge on any atom is -0.366 e. The number of amides is 2. The molecule has 0 bridgehead atoms. The molecule has 0 spiro atoms. The van der Waals surface area contributed by atoms with Gasteiger partial charge in [-0.1, -0.05) is 12.1 Å². The number of benzene rings is 1. The Hall–Kier alpha value is -1.92. The maximum atomic E-state index is 12.3. The summed E-state index contributed by atoms with van der Waals surface area (Å²) in [6.45, 7) is 0.910. The van der Waals surface area contributed by atoms with Crippen LogP contribution in [0.1, 0.15) is 28.8 Å². The van der Waals surface area contributed by atoms with Gasteiger partial charge in [0.05, 0.1) is 6.10 Å². The molecule has 1 aromatic carbocycles. The summed E-state index contributed by atoms with van der Waals surface area (Å²) in [6, 6.07) is 6.91. The Labute approximate surface area is 124 Å². The van der Waals surface area contributed by atoms with Crippen LogP contribution in [-0.2, 0) is 16.1 Å². The topological polar surface area (TPSA) is 98.7 Å². The Bertz CT molecular complexity index is 515. The molecule has 1 aromatic rings. The molecule has 2 rings (SSSR count). The van der Waals surface area contributed by atoms with E-state index in [1.54, 1.807) is 36.2 Å². The van der Waals surface area contributed by atoms with Gasteiger partial charge in [0.1, 0.15) is 6.10 Å². The number of carbonyl (C=O) groups excluding carboxylic acids is 2. The predicted octanol–water partition coefficient (Wildman–Crippen LogP) is 0.250. The van der Waals surface area contributed by atoms with Crippen molar-refractivity contribution in [1.82, 2.24) is 4.90 Å². The van der Waals surface area contributed by atoms with Gasteiger partial charge in [-0.25, -0.2) is 0 Å². The van der Waals surface area contributed by atoms with E-state index in [0.29, 0.717) is 25.1 Å². The van der Waals surface area contributed by atoms with Crippen LogP contribution >= 0.6 is 0 Å². The summed E-state index contributed by atoms with van der Waals surface area (Å²) in [5.74, 6) is -0.497. The molecule has 0 radical (unpaired) electrons. The Morgan fingerprint density at radius 2 is 1.95 bits per heavy atom. The van der Waals surface area contributed by atoms with E-state index < -0.39 is 12.0 Å². The summed E-state index contributed by atoms with van der Waals surface area (Å²) in [4.78, 5) is 24.9. The van der Waals surface area contributed by atoms with Crippen molar-refractivity contribution in [1.29, 1.82) is 0 Å². The van der Waals surface area contributed by atoms with E-state index in [9.17, 15) is 9.59 Å². The van der Waals surface area contributed by atoms with Gasteiger partial charge in [0.15, 0.2) is 0 Å². The summed E-state index contributed by atoms with van der Waals surface area (Å²) in [6.07, 6.45) is 1.13. The quantitative estimate of drug-likeness (QED) is 0.812. The molecule has 6 nitrogen and oxygen atoms in total. The number of hydrogen-bond donors (Lipinski definition) is 2. The summed E-state index contributed by atoms with van der Waals surface area (Å²) in [7, 11) is 1.74. The van der Waals surface area contributed by atoms with Crippen molar-refractivity contribution in [3.63, 3.8) is 0 Å². The second-order valence-electron chi connectivity index (χ2n) is 5.32. The fourth-order valence-electron chi connectivity index (χ4n) is 2.43. The van der Waals surface area contributed by atoms with Gasteiger partial charge in [0, 0.05) is 25.7 Å². The average Bonchev–Trinajstić information content (AvgIpc) is 2.95. The van der Waals surface area contributed by atoms with Crippen LogP contribution in [0.2, 0.25) is 0 Å². The summed E-state index contributed by atoms with van der Waals surface area (Å²) in [5, 5.41) is 0. The highest BCUT2D eigenvalue weighted by Crippen LogP contribution is 2.21. The third-order valence-electron chi connectivity index (χ3n) is 3.68. The number of rotatable bonds is 5. The first-order valence-corrected chi connectivity index (χ1v) is 7.00. The molecule has 1 fully saturated rings. The van der Waals surface area contributed by atoms with E-state index in [2.05, 4.69) is 0 Å².